The van der Waals surface area contributed by atoms with Crippen molar-refractivity contribution in [1.29, 1.82) is 0 Å². The van der Waals surface area contributed by atoms with Crippen molar-refractivity contribution in [3.8, 4) is 0 Å². The molecule has 0 aliphatic rings. The Morgan fingerprint density at radius 1 is 1.32 bits per heavy atom. The molecule has 1 aromatic rings. The van der Waals surface area contributed by atoms with Crippen molar-refractivity contribution in [2.24, 2.45) is 5.92 Å². The first kappa shape index (κ1) is 15.6. The zero-order valence-electron chi connectivity index (χ0n) is 12.8. The third-order valence-corrected chi connectivity index (χ3v) is 3.35. The average Bonchev–Trinajstić information content (AvgIpc) is 2.37. The molecule has 0 unspecified atom stereocenters. The van der Waals surface area contributed by atoms with E-state index in [0.29, 0.717) is 0 Å². The molecule has 0 spiro atoms. The summed E-state index contributed by atoms with van der Waals surface area (Å²) in [6.07, 6.45) is 4.59. The molecule has 1 N–H and O–H groups in total. The van der Waals surface area contributed by atoms with Crippen molar-refractivity contribution in [2.75, 3.05) is 6.54 Å². The highest BCUT2D eigenvalue weighted by Crippen LogP contribution is 2.23. The number of nitrogens with one attached hydrogen (secondary N) is 1. The molecule has 0 aliphatic carbocycles. The van der Waals surface area contributed by atoms with Crippen molar-refractivity contribution >= 4 is 5.57 Å². The minimum atomic E-state index is 0.771. The summed E-state index contributed by atoms with van der Waals surface area (Å²) in [6.45, 7) is 13.9. The van der Waals surface area contributed by atoms with Crippen LogP contribution in [0.25, 0.3) is 5.57 Å². The zero-order chi connectivity index (χ0) is 14.3. The van der Waals surface area contributed by atoms with E-state index in [9.17, 15) is 0 Å². The van der Waals surface area contributed by atoms with Gasteiger partial charge in [-0.2, -0.15) is 0 Å². The summed E-state index contributed by atoms with van der Waals surface area (Å²) >= 11 is 0. The van der Waals surface area contributed by atoms with Crippen LogP contribution in [0, 0.1) is 12.8 Å². The Balaban J connectivity index is 2.62. The molecule has 0 amide bonds. The number of allylic oxidation sites excluding steroid dienone is 2. The summed E-state index contributed by atoms with van der Waals surface area (Å²) in [5, 5.41) is 3.45. The van der Waals surface area contributed by atoms with Crippen LogP contribution in [0.5, 0.6) is 0 Å². The quantitative estimate of drug-likeness (QED) is 0.539. The van der Waals surface area contributed by atoms with Gasteiger partial charge in [0.2, 0.25) is 0 Å². The van der Waals surface area contributed by atoms with Crippen LogP contribution in [0.1, 0.15) is 44.7 Å². The van der Waals surface area contributed by atoms with E-state index in [1.165, 1.54) is 29.5 Å². The van der Waals surface area contributed by atoms with E-state index >= 15 is 0 Å². The maximum Gasteiger partial charge on any atom is 0.0343 e. The molecule has 1 aromatic carbocycles. The van der Waals surface area contributed by atoms with E-state index < -0.39 is 0 Å². The van der Waals surface area contributed by atoms with Crippen LogP contribution >= 0.6 is 0 Å². The second kappa shape index (κ2) is 7.83. The van der Waals surface area contributed by atoms with Gasteiger partial charge in [0.25, 0.3) is 0 Å². The van der Waals surface area contributed by atoms with Crippen molar-refractivity contribution in [3.63, 3.8) is 0 Å². The highest BCUT2D eigenvalue weighted by molar-refractivity contribution is 5.79. The van der Waals surface area contributed by atoms with Gasteiger partial charge in [0.15, 0.2) is 0 Å². The monoisotopic (exact) mass is 257 g/mol. The highest BCUT2D eigenvalue weighted by atomic mass is 14.9. The van der Waals surface area contributed by atoms with E-state index in [-0.39, 0.29) is 0 Å². The van der Waals surface area contributed by atoms with E-state index in [0.717, 1.165) is 18.2 Å². The maximum atomic E-state index is 4.18. The molecule has 0 atom stereocenters. The van der Waals surface area contributed by atoms with Crippen LogP contribution in [0.4, 0.5) is 0 Å². The van der Waals surface area contributed by atoms with E-state index in [2.05, 4.69) is 69.9 Å². The molecule has 0 aliphatic heterocycles. The molecular weight excluding hydrogens is 230 g/mol. The van der Waals surface area contributed by atoms with Gasteiger partial charge in [-0.3, -0.25) is 0 Å². The van der Waals surface area contributed by atoms with Gasteiger partial charge in [-0.05, 0) is 43.7 Å². The summed E-state index contributed by atoms with van der Waals surface area (Å²) in [7, 11) is 0. The molecular formula is C18H27N. The number of rotatable bonds is 7. The average molecular weight is 257 g/mol. The number of hydrogen-bond acceptors (Lipinski definition) is 1. The minimum absolute atomic E-state index is 0.771. The van der Waals surface area contributed by atoms with Gasteiger partial charge in [0.1, 0.15) is 0 Å². The Hall–Kier alpha value is -1.50. The van der Waals surface area contributed by atoms with Crippen molar-refractivity contribution in [2.45, 2.75) is 40.5 Å². The number of benzene rings is 1. The smallest absolute Gasteiger partial charge is 0.0343 e. The first-order valence-corrected chi connectivity index (χ1v) is 7.21. The lowest BCUT2D eigenvalue weighted by molar-refractivity contribution is 0.545. The Morgan fingerprint density at radius 3 is 2.58 bits per heavy atom. The summed E-state index contributed by atoms with van der Waals surface area (Å²) in [5.74, 6) is 0.771. The van der Waals surface area contributed by atoms with Crippen molar-refractivity contribution in [3.05, 3.63) is 53.7 Å². The summed E-state index contributed by atoms with van der Waals surface area (Å²) in [4.78, 5) is 0. The van der Waals surface area contributed by atoms with Gasteiger partial charge in [0, 0.05) is 17.8 Å². The van der Waals surface area contributed by atoms with Gasteiger partial charge < -0.3 is 5.32 Å². The van der Waals surface area contributed by atoms with Crippen LogP contribution in [0.15, 0.2) is 42.6 Å². The Kier molecular flexibility index (Phi) is 6.41. The summed E-state index contributed by atoms with van der Waals surface area (Å²) in [6, 6.07) is 8.46. The first-order valence-electron chi connectivity index (χ1n) is 7.21. The second-order valence-electron chi connectivity index (χ2n) is 5.46. The van der Waals surface area contributed by atoms with Crippen LogP contribution in [0.3, 0.4) is 0 Å². The predicted molar refractivity (Wildman–Crippen MR) is 86.0 cm³/mol. The van der Waals surface area contributed by atoms with Crippen LogP contribution < -0.4 is 5.32 Å². The van der Waals surface area contributed by atoms with Gasteiger partial charge in [0.05, 0.1) is 0 Å². The lowest BCUT2D eigenvalue weighted by Gasteiger charge is -2.15. The normalized spacial score (nSPS) is 11.7. The van der Waals surface area contributed by atoms with E-state index in [1.54, 1.807) is 0 Å². The predicted octanol–water partition coefficient (Wildman–Crippen LogP) is 4.94. The largest absolute Gasteiger partial charge is 0.385 e. The highest BCUT2D eigenvalue weighted by Gasteiger charge is 2.07. The molecule has 1 nitrogen and oxygen atoms in total. The fraction of sp³-hybridized carbons (Fsp3) is 0.444. The molecule has 0 heterocycles. The molecule has 0 bridgehead atoms. The topological polar surface area (TPSA) is 12.0 Å². The molecule has 0 aromatic heterocycles. The fourth-order valence-electron chi connectivity index (χ4n) is 2.21. The number of aryl methyl sites for hydroxylation is 1. The van der Waals surface area contributed by atoms with Gasteiger partial charge in [-0.15, -0.1) is 0 Å². The maximum absolute atomic E-state index is 4.18. The van der Waals surface area contributed by atoms with Crippen LogP contribution in [-0.4, -0.2) is 6.54 Å². The van der Waals surface area contributed by atoms with Crippen LogP contribution in [0.2, 0.25) is 0 Å². The molecule has 0 radical (unpaired) electrons. The number of hydrogen-bond donors (Lipinski definition) is 1. The molecule has 0 saturated carbocycles. The molecule has 0 saturated heterocycles. The fourth-order valence-corrected chi connectivity index (χ4v) is 2.21. The minimum Gasteiger partial charge on any atom is -0.385 e. The Morgan fingerprint density at radius 2 is 2.00 bits per heavy atom. The van der Waals surface area contributed by atoms with Gasteiger partial charge in [-0.1, -0.05) is 50.8 Å². The third kappa shape index (κ3) is 4.94. The molecule has 0 fully saturated rings. The standard InChI is InChI=1S/C18H27N/c1-6-17(18-12-8-7-11-15(18)4)16(5)19-13-9-10-14(2)3/h6-8,11-12,14,19H,5,9-10,13H2,1-4H3/b17-6-. The lowest BCUT2D eigenvalue weighted by Crippen LogP contribution is -2.16. The lowest BCUT2D eigenvalue weighted by atomic mass is 9.98. The van der Waals surface area contributed by atoms with Gasteiger partial charge in [-0.25, -0.2) is 0 Å². The van der Waals surface area contributed by atoms with E-state index in [1.807, 2.05) is 0 Å². The summed E-state index contributed by atoms with van der Waals surface area (Å²) in [5.41, 5.74) is 4.80. The first-order chi connectivity index (χ1) is 9.06. The molecule has 104 valence electrons. The third-order valence-electron chi connectivity index (χ3n) is 3.35. The van der Waals surface area contributed by atoms with Crippen molar-refractivity contribution in [1.82, 2.24) is 5.32 Å². The Labute approximate surface area is 118 Å². The van der Waals surface area contributed by atoms with Crippen molar-refractivity contribution < 1.29 is 0 Å². The van der Waals surface area contributed by atoms with Crippen LogP contribution in [-0.2, 0) is 0 Å². The SMILES string of the molecule is C=C(NCCCC(C)C)/C(=C/C)c1ccccc1C. The zero-order valence-corrected chi connectivity index (χ0v) is 12.8. The Bertz CT molecular complexity index is 441. The molecule has 1 heteroatoms. The molecule has 19 heavy (non-hydrogen) atoms. The second-order valence-corrected chi connectivity index (χ2v) is 5.46. The molecule has 1 rings (SSSR count). The van der Waals surface area contributed by atoms with Gasteiger partial charge >= 0.3 is 0 Å². The van der Waals surface area contributed by atoms with E-state index in [4.69, 9.17) is 0 Å². The summed E-state index contributed by atoms with van der Waals surface area (Å²) < 4.78 is 0.